The lowest BCUT2D eigenvalue weighted by atomic mass is 9.47. The number of rotatable bonds is 17. The SMILES string of the molecule is O=C(CCCC[C@H]1SC[C@H]2NC(=O)N[C@H]21)NCCSSCCC(=O)NCc1cccc(CNC(=O)C23CC4C[C@H](C2)C2(OOC5(CCCCC5)O2)[C@@H](C4)C3)c1. The lowest BCUT2D eigenvalue weighted by Crippen LogP contribution is -2.65. The van der Waals surface area contributed by atoms with Crippen LogP contribution >= 0.6 is 33.3 Å². The van der Waals surface area contributed by atoms with Crippen molar-refractivity contribution in [2.24, 2.45) is 23.2 Å². The molecule has 12 nitrogen and oxygen atoms in total. The molecule has 5 N–H and O–H groups in total. The zero-order chi connectivity index (χ0) is 37.9. The molecular weight excluding hydrogens is 759 g/mol. The molecule has 3 saturated heterocycles. The van der Waals surface area contributed by atoms with Crippen molar-refractivity contribution in [1.29, 1.82) is 0 Å². The van der Waals surface area contributed by atoms with Gasteiger partial charge in [0, 0.05) is 79.7 Å². The highest BCUT2D eigenvalue weighted by Gasteiger charge is 2.71. The molecule has 1 aromatic carbocycles. The van der Waals surface area contributed by atoms with Gasteiger partial charge in [-0.3, -0.25) is 14.4 Å². The number of nitrogens with one attached hydrogen (secondary N) is 5. The predicted molar refractivity (Wildman–Crippen MR) is 214 cm³/mol. The maximum absolute atomic E-state index is 13.9. The fourth-order valence-electron chi connectivity index (χ4n) is 10.6. The molecule has 5 saturated carbocycles. The molecule has 4 bridgehead atoms. The average Bonchev–Trinajstić information content (AvgIpc) is 3.86. The molecule has 5 aliphatic carbocycles. The van der Waals surface area contributed by atoms with Crippen molar-refractivity contribution in [2.75, 3.05) is 23.8 Å². The Morgan fingerprint density at radius 1 is 0.855 bits per heavy atom. The lowest BCUT2D eigenvalue weighted by molar-refractivity contribution is -0.393. The Labute approximate surface area is 336 Å². The van der Waals surface area contributed by atoms with E-state index in [0.29, 0.717) is 49.4 Å². The number of hydrogen-bond acceptors (Lipinski definition) is 10. The molecular formula is C40H57N5O7S3. The van der Waals surface area contributed by atoms with E-state index < -0.39 is 11.6 Å². The lowest BCUT2D eigenvalue weighted by Gasteiger charge is -2.61. The average molecular weight is 816 g/mol. The first-order valence-corrected chi connectivity index (χ1v) is 24.2. The Bertz CT molecular complexity index is 1560. The number of ether oxygens (including phenoxy) is 1. The molecule has 3 unspecified atom stereocenters. The van der Waals surface area contributed by atoms with Gasteiger partial charge in [-0.1, -0.05) is 58.7 Å². The minimum absolute atomic E-state index is 0.00725. The Morgan fingerprint density at radius 2 is 1.60 bits per heavy atom. The van der Waals surface area contributed by atoms with Gasteiger partial charge in [-0.15, -0.1) is 0 Å². The first kappa shape index (κ1) is 39.6. The maximum Gasteiger partial charge on any atom is 0.315 e. The Kier molecular flexibility index (Phi) is 12.5. The number of carbonyl (C=O) groups is 4. The number of fused-ring (bicyclic) bond motifs is 1. The van der Waals surface area contributed by atoms with Gasteiger partial charge in [-0.25, -0.2) is 4.79 Å². The number of carbonyl (C=O) groups excluding carboxylic acids is 4. The summed E-state index contributed by atoms with van der Waals surface area (Å²) in [5.74, 6) is 2.29. The molecule has 1 aromatic rings. The van der Waals surface area contributed by atoms with E-state index in [9.17, 15) is 19.2 Å². The smallest absolute Gasteiger partial charge is 0.315 e. The van der Waals surface area contributed by atoms with Crippen molar-refractivity contribution >= 4 is 57.1 Å². The molecule has 0 radical (unpaired) electrons. The summed E-state index contributed by atoms with van der Waals surface area (Å²) in [6.07, 6.45) is 13.6. The molecule has 2 spiro atoms. The summed E-state index contributed by atoms with van der Waals surface area (Å²) < 4.78 is 6.81. The van der Waals surface area contributed by atoms with E-state index in [0.717, 1.165) is 99.7 Å². The number of thioether (sulfide) groups is 1. The summed E-state index contributed by atoms with van der Waals surface area (Å²) in [4.78, 5) is 62.4. The topological polar surface area (TPSA) is 156 Å². The van der Waals surface area contributed by atoms with Crippen LogP contribution in [0, 0.1) is 23.2 Å². The number of hydrogen-bond donors (Lipinski definition) is 5. The van der Waals surface area contributed by atoms with E-state index in [1.165, 1.54) is 6.42 Å². The van der Waals surface area contributed by atoms with E-state index in [1.807, 2.05) is 30.0 Å². The van der Waals surface area contributed by atoms with Gasteiger partial charge >= 0.3 is 6.03 Å². The molecule has 55 heavy (non-hydrogen) atoms. The van der Waals surface area contributed by atoms with Crippen LogP contribution in [-0.2, 0) is 42.0 Å². The Balaban J connectivity index is 0.679. The fourth-order valence-corrected chi connectivity index (χ4v) is 14.0. The van der Waals surface area contributed by atoms with Crippen LogP contribution in [0.15, 0.2) is 24.3 Å². The molecule has 0 aromatic heterocycles. The molecule has 3 aliphatic heterocycles. The van der Waals surface area contributed by atoms with Crippen LogP contribution in [0.1, 0.15) is 107 Å². The van der Waals surface area contributed by atoms with Gasteiger partial charge in [0.2, 0.25) is 29.3 Å². The quantitative estimate of drug-likeness (QED) is 0.0573. The van der Waals surface area contributed by atoms with E-state index in [-0.39, 0.29) is 53.1 Å². The fraction of sp³-hybridized carbons (Fsp3) is 0.750. The van der Waals surface area contributed by atoms with Crippen molar-refractivity contribution < 1.29 is 33.7 Å². The van der Waals surface area contributed by atoms with Gasteiger partial charge < -0.3 is 31.3 Å². The van der Waals surface area contributed by atoms with Crippen LogP contribution in [0.5, 0.6) is 0 Å². The molecule has 302 valence electrons. The van der Waals surface area contributed by atoms with Crippen molar-refractivity contribution in [2.45, 2.75) is 138 Å². The zero-order valence-electron chi connectivity index (χ0n) is 31.7. The van der Waals surface area contributed by atoms with Crippen LogP contribution in [0.2, 0.25) is 0 Å². The third kappa shape index (κ3) is 8.96. The van der Waals surface area contributed by atoms with Gasteiger partial charge in [-0.2, -0.15) is 21.5 Å². The molecule has 5 amide bonds. The predicted octanol–water partition coefficient (Wildman–Crippen LogP) is 5.69. The van der Waals surface area contributed by atoms with Gasteiger partial charge in [-0.05, 0) is 74.8 Å². The minimum Gasteiger partial charge on any atom is -0.355 e. The molecule has 9 rings (SSSR count). The summed E-state index contributed by atoms with van der Waals surface area (Å²) in [7, 11) is 3.32. The van der Waals surface area contributed by atoms with E-state index >= 15 is 0 Å². The van der Waals surface area contributed by atoms with E-state index in [4.69, 9.17) is 14.5 Å². The zero-order valence-corrected chi connectivity index (χ0v) is 34.2. The standard InChI is InChI=1S/C40H57N5O7S3/c46-33(10-3-2-9-32-35-31(25-53-32)44-37(49)45-35)41-14-16-55-54-15-11-34(47)42-23-26-7-6-8-27(17-26)24-43-36(48)38-20-28-18-29(21-38)40(30(19-28)22-38)50-39(51-52-40)12-4-1-5-13-39/h6-8,17,28-32,35H,1-5,9-16,18-25H2,(H,41,46)(H,42,47)(H,43,48)(H2,44,45,49)/t28?,29-,30+,31-,32-,35-,38?,40?/m1/s1. The van der Waals surface area contributed by atoms with Crippen molar-refractivity contribution in [3.05, 3.63) is 35.4 Å². The van der Waals surface area contributed by atoms with Crippen molar-refractivity contribution in [3.63, 3.8) is 0 Å². The normalized spacial score (nSPS) is 33.7. The van der Waals surface area contributed by atoms with Gasteiger partial charge in [0.15, 0.2) is 0 Å². The number of urea groups is 1. The van der Waals surface area contributed by atoms with Crippen LogP contribution in [0.25, 0.3) is 0 Å². The van der Waals surface area contributed by atoms with Crippen molar-refractivity contribution in [1.82, 2.24) is 26.6 Å². The second kappa shape index (κ2) is 17.4. The molecule has 15 heteroatoms. The summed E-state index contributed by atoms with van der Waals surface area (Å²) >= 11 is 1.91. The molecule has 3 heterocycles. The first-order chi connectivity index (χ1) is 26.7. The summed E-state index contributed by atoms with van der Waals surface area (Å²) in [6.45, 7) is 1.52. The molecule has 8 atom stereocenters. The van der Waals surface area contributed by atoms with Gasteiger partial charge in [0.05, 0.1) is 17.5 Å². The Hall–Kier alpha value is -2.17. The van der Waals surface area contributed by atoms with Crippen molar-refractivity contribution in [3.8, 4) is 0 Å². The third-order valence-electron chi connectivity index (χ3n) is 13.1. The minimum atomic E-state index is -0.690. The monoisotopic (exact) mass is 815 g/mol. The van der Waals surface area contributed by atoms with Crippen LogP contribution in [0.4, 0.5) is 4.79 Å². The van der Waals surface area contributed by atoms with Crippen LogP contribution < -0.4 is 26.6 Å². The number of amides is 5. The second-order valence-corrected chi connectivity index (χ2v) is 21.0. The van der Waals surface area contributed by atoms with Gasteiger partial charge in [0.25, 0.3) is 0 Å². The summed E-state index contributed by atoms with van der Waals surface area (Å²) in [6, 6.07) is 8.48. The second-order valence-electron chi connectivity index (χ2n) is 17.0. The maximum atomic E-state index is 13.9. The summed E-state index contributed by atoms with van der Waals surface area (Å²) in [5, 5.41) is 15.7. The number of benzene rings is 1. The Morgan fingerprint density at radius 3 is 2.40 bits per heavy atom. The molecule has 8 aliphatic rings. The molecule has 8 fully saturated rings. The van der Waals surface area contributed by atoms with E-state index in [2.05, 4.69) is 32.7 Å². The highest BCUT2D eigenvalue weighted by Crippen LogP contribution is 2.67. The first-order valence-electron chi connectivity index (χ1n) is 20.6. The highest BCUT2D eigenvalue weighted by atomic mass is 33.1. The van der Waals surface area contributed by atoms with Gasteiger partial charge in [0.1, 0.15) is 0 Å². The summed E-state index contributed by atoms with van der Waals surface area (Å²) in [5.41, 5.74) is 1.66. The third-order valence-corrected chi connectivity index (χ3v) is 17.0. The largest absolute Gasteiger partial charge is 0.355 e. The highest BCUT2D eigenvalue weighted by molar-refractivity contribution is 8.76. The van der Waals surface area contributed by atoms with Crippen LogP contribution in [0.3, 0.4) is 0 Å². The van der Waals surface area contributed by atoms with E-state index in [1.54, 1.807) is 21.6 Å². The number of unbranched alkanes of at least 4 members (excludes halogenated alkanes) is 1. The van der Waals surface area contributed by atoms with Crippen LogP contribution in [-0.4, -0.2) is 76.5 Å².